The van der Waals surface area contributed by atoms with E-state index in [1.165, 1.54) is 25.3 Å². The molecule has 3 N–H and O–H groups in total. The van der Waals surface area contributed by atoms with E-state index in [1.54, 1.807) is 24.3 Å². The van der Waals surface area contributed by atoms with E-state index in [0.29, 0.717) is 29.8 Å². The highest BCUT2D eigenvalue weighted by molar-refractivity contribution is 7.92. The first-order valence-corrected chi connectivity index (χ1v) is 11.6. The average Bonchev–Trinajstić information content (AvgIpc) is 3.30. The highest BCUT2D eigenvalue weighted by atomic mass is 32.2. The first-order chi connectivity index (χ1) is 15.4. The van der Waals surface area contributed by atoms with Crippen molar-refractivity contribution in [1.29, 1.82) is 0 Å². The van der Waals surface area contributed by atoms with Crippen LogP contribution in [0.4, 0.5) is 5.69 Å². The average molecular weight is 458 g/mol. The molecule has 0 bridgehead atoms. The third kappa shape index (κ3) is 4.61. The predicted molar refractivity (Wildman–Crippen MR) is 120 cm³/mol. The number of fused-ring (bicyclic) bond motifs is 1. The minimum absolute atomic E-state index is 0.0591. The van der Waals surface area contributed by atoms with Crippen LogP contribution in [0.3, 0.4) is 0 Å². The number of carbonyl (C=O) groups excluding carboxylic acids is 1. The van der Waals surface area contributed by atoms with Crippen molar-refractivity contribution >= 4 is 32.5 Å². The van der Waals surface area contributed by atoms with Gasteiger partial charge in [0.15, 0.2) is 0 Å². The lowest BCUT2D eigenvalue weighted by atomic mass is 10.1. The summed E-state index contributed by atoms with van der Waals surface area (Å²) in [4.78, 5) is 27.4. The number of amides is 1. The van der Waals surface area contributed by atoms with Gasteiger partial charge in [-0.25, -0.2) is 8.42 Å². The van der Waals surface area contributed by atoms with Crippen molar-refractivity contribution < 1.29 is 22.7 Å². The fraction of sp³-hybridized carbons (Fsp3) is 0.273. The molecule has 3 aromatic rings. The number of rotatable bonds is 7. The Kier molecular flexibility index (Phi) is 6.15. The van der Waals surface area contributed by atoms with E-state index >= 15 is 0 Å². The van der Waals surface area contributed by atoms with E-state index in [9.17, 15) is 18.0 Å². The second-order valence-electron chi connectivity index (χ2n) is 7.41. The Balaban J connectivity index is 1.67. The molecule has 0 spiro atoms. The normalized spacial score (nSPS) is 16.1. The third-order valence-corrected chi connectivity index (χ3v) is 6.60. The maximum atomic E-state index is 13.0. The summed E-state index contributed by atoms with van der Waals surface area (Å²) < 4.78 is 39.2. The van der Waals surface area contributed by atoms with E-state index < -0.39 is 21.5 Å². The van der Waals surface area contributed by atoms with Gasteiger partial charge in [-0.3, -0.25) is 14.3 Å². The first kappa shape index (κ1) is 21.8. The Hall–Kier alpha value is -3.37. The minimum Gasteiger partial charge on any atom is -0.495 e. The van der Waals surface area contributed by atoms with Gasteiger partial charge in [0.2, 0.25) is 5.56 Å². The van der Waals surface area contributed by atoms with Crippen molar-refractivity contribution in [1.82, 2.24) is 10.3 Å². The highest BCUT2D eigenvalue weighted by Gasteiger charge is 2.21. The SMILES string of the molecule is COc1ccccc1NS(=O)(=O)c1ccc2[nH]c(=O)cc(C(=O)NCC3CCCO3)c2c1. The van der Waals surface area contributed by atoms with E-state index in [4.69, 9.17) is 9.47 Å². The van der Waals surface area contributed by atoms with Crippen molar-refractivity contribution in [3.05, 3.63) is 64.4 Å². The molecule has 32 heavy (non-hydrogen) atoms. The van der Waals surface area contributed by atoms with Crippen LogP contribution >= 0.6 is 0 Å². The number of H-pyrrole nitrogens is 1. The van der Waals surface area contributed by atoms with Crippen LogP contribution in [0, 0.1) is 0 Å². The second kappa shape index (κ2) is 9.01. The van der Waals surface area contributed by atoms with Gasteiger partial charge < -0.3 is 19.8 Å². The Bertz CT molecular complexity index is 1310. The van der Waals surface area contributed by atoms with E-state index in [2.05, 4.69) is 15.0 Å². The number of anilines is 1. The zero-order chi connectivity index (χ0) is 22.7. The standard InChI is InChI=1S/C22H23N3O6S/c1-30-20-7-3-2-6-19(20)25-32(28,29)15-8-9-18-16(11-15)17(12-21(26)24-18)22(27)23-13-14-5-4-10-31-14/h2-3,6-9,11-12,14,25H,4-5,10,13H2,1H3,(H,23,27)(H,24,26). The van der Waals surface area contributed by atoms with Gasteiger partial charge in [0, 0.05) is 30.1 Å². The third-order valence-electron chi connectivity index (χ3n) is 5.24. The lowest BCUT2D eigenvalue weighted by Crippen LogP contribution is -2.32. The van der Waals surface area contributed by atoms with Crippen LogP contribution < -0.4 is 20.3 Å². The number of methoxy groups -OCH3 is 1. The molecular weight excluding hydrogens is 434 g/mol. The van der Waals surface area contributed by atoms with E-state index in [-0.39, 0.29) is 22.3 Å². The molecule has 2 heterocycles. The molecular formula is C22H23N3O6S. The van der Waals surface area contributed by atoms with Crippen molar-refractivity contribution in [2.24, 2.45) is 0 Å². The van der Waals surface area contributed by atoms with E-state index in [0.717, 1.165) is 18.9 Å². The molecule has 1 aliphatic rings. The van der Waals surface area contributed by atoms with Crippen molar-refractivity contribution in [2.45, 2.75) is 23.8 Å². The molecule has 10 heteroatoms. The predicted octanol–water partition coefficient (Wildman–Crippen LogP) is 2.25. The Morgan fingerprint density at radius 1 is 1.22 bits per heavy atom. The fourth-order valence-electron chi connectivity index (χ4n) is 3.63. The Morgan fingerprint density at radius 2 is 2.03 bits per heavy atom. The van der Waals surface area contributed by atoms with Crippen LogP contribution in [0.15, 0.2) is 58.2 Å². The molecule has 2 aromatic carbocycles. The van der Waals surface area contributed by atoms with Gasteiger partial charge in [-0.2, -0.15) is 0 Å². The van der Waals surface area contributed by atoms with Gasteiger partial charge in [-0.05, 0) is 43.2 Å². The van der Waals surface area contributed by atoms with Crippen LogP contribution in [0.2, 0.25) is 0 Å². The molecule has 0 aliphatic carbocycles. The quantitative estimate of drug-likeness (QED) is 0.500. The molecule has 168 valence electrons. The van der Waals surface area contributed by atoms with Gasteiger partial charge in [-0.1, -0.05) is 12.1 Å². The zero-order valence-electron chi connectivity index (χ0n) is 17.4. The molecule has 1 aliphatic heterocycles. The maximum Gasteiger partial charge on any atom is 0.262 e. The van der Waals surface area contributed by atoms with E-state index in [1.807, 2.05) is 0 Å². The van der Waals surface area contributed by atoms with Crippen molar-refractivity contribution in [2.75, 3.05) is 25.0 Å². The zero-order valence-corrected chi connectivity index (χ0v) is 18.2. The van der Waals surface area contributed by atoms with Gasteiger partial charge >= 0.3 is 0 Å². The lowest BCUT2D eigenvalue weighted by molar-refractivity contribution is 0.0859. The fourth-order valence-corrected chi connectivity index (χ4v) is 4.72. The highest BCUT2D eigenvalue weighted by Crippen LogP contribution is 2.27. The Labute approximate surface area is 184 Å². The van der Waals surface area contributed by atoms with Crippen molar-refractivity contribution in [3.63, 3.8) is 0 Å². The van der Waals surface area contributed by atoms with Crippen LogP contribution in [-0.4, -0.2) is 45.7 Å². The molecule has 1 fully saturated rings. The number of aromatic amines is 1. The smallest absolute Gasteiger partial charge is 0.262 e. The number of pyridine rings is 1. The number of aromatic nitrogens is 1. The lowest BCUT2D eigenvalue weighted by Gasteiger charge is -2.14. The summed E-state index contributed by atoms with van der Waals surface area (Å²) in [5, 5.41) is 3.09. The summed E-state index contributed by atoms with van der Waals surface area (Å²) in [5.41, 5.74) is 0.278. The summed E-state index contributed by atoms with van der Waals surface area (Å²) in [7, 11) is -2.54. The summed E-state index contributed by atoms with van der Waals surface area (Å²) in [6.45, 7) is 0.982. The molecule has 1 saturated heterocycles. The van der Waals surface area contributed by atoms with Crippen LogP contribution in [-0.2, 0) is 14.8 Å². The number of hydrogen-bond acceptors (Lipinski definition) is 6. The van der Waals surface area contributed by atoms with Crippen LogP contribution in [0.5, 0.6) is 5.75 Å². The summed E-state index contributed by atoms with van der Waals surface area (Å²) in [5.74, 6) is -0.0979. The number of benzene rings is 2. The molecule has 0 radical (unpaired) electrons. The molecule has 4 rings (SSSR count). The number of ether oxygens (including phenoxy) is 2. The number of carbonyl (C=O) groups is 1. The van der Waals surface area contributed by atoms with Gasteiger partial charge in [0.05, 0.1) is 29.4 Å². The molecule has 1 amide bonds. The number of sulfonamides is 1. The molecule has 1 atom stereocenters. The monoisotopic (exact) mass is 457 g/mol. The molecule has 1 unspecified atom stereocenters. The second-order valence-corrected chi connectivity index (χ2v) is 9.09. The largest absolute Gasteiger partial charge is 0.495 e. The summed E-state index contributed by atoms with van der Waals surface area (Å²) in [6.07, 6.45) is 1.73. The number of para-hydroxylation sites is 2. The van der Waals surface area contributed by atoms with Gasteiger partial charge in [0.1, 0.15) is 5.75 Å². The summed E-state index contributed by atoms with van der Waals surface area (Å²) in [6, 6.07) is 12.0. The van der Waals surface area contributed by atoms with Crippen LogP contribution in [0.25, 0.3) is 10.9 Å². The van der Waals surface area contributed by atoms with Crippen LogP contribution in [0.1, 0.15) is 23.2 Å². The molecule has 1 aromatic heterocycles. The van der Waals surface area contributed by atoms with Crippen molar-refractivity contribution in [3.8, 4) is 5.75 Å². The summed E-state index contributed by atoms with van der Waals surface area (Å²) >= 11 is 0. The number of hydrogen-bond donors (Lipinski definition) is 3. The topological polar surface area (TPSA) is 127 Å². The first-order valence-electron chi connectivity index (χ1n) is 10.1. The van der Waals surface area contributed by atoms with Gasteiger partial charge in [0.25, 0.3) is 15.9 Å². The molecule has 0 saturated carbocycles. The molecule has 9 nitrogen and oxygen atoms in total. The number of nitrogens with one attached hydrogen (secondary N) is 3. The minimum atomic E-state index is -3.99. The van der Waals surface area contributed by atoms with Gasteiger partial charge in [-0.15, -0.1) is 0 Å². The maximum absolute atomic E-state index is 13.0. The Morgan fingerprint density at radius 3 is 2.78 bits per heavy atom.